The predicted octanol–water partition coefficient (Wildman–Crippen LogP) is -0.125. The van der Waals surface area contributed by atoms with Gasteiger partial charge in [-0.1, -0.05) is 6.92 Å². The van der Waals surface area contributed by atoms with Crippen LogP contribution in [0.15, 0.2) is 0 Å². The Labute approximate surface area is 70.4 Å². The topological polar surface area (TPSA) is 69.6 Å². The Morgan fingerprint density at radius 2 is 2.50 bits per heavy atom. The van der Waals surface area contributed by atoms with Crippen molar-refractivity contribution in [3.05, 3.63) is 0 Å². The Bertz CT molecular complexity index is 205. The van der Waals surface area contributed by atoms with Crippen LogP contribution in [0.3, 0.4) is 0 Å². The molecule has 1 heterocycles. The van der Waals surface area contributed by atoms with E-state index < -0.39 is 12.0 Å². The molecule has 2 amide bonds. The van der Waals surface area contributed by atoms with Gasteiger partial charge < -0.3 is 15.3 Å². The quantitative estimate of drug-likeness (QED) is 0.623. The zero-order valence-corrected chi connectivity index (χ0v) is 6.91. The summed E-state index contributed by atoms with van der Waals surface area (Å²) in [7, 11) is 0. The number of hydrogen-bond acceptors (Lipinski definition) is 2. The number of carbonyl (C=O) groups excluding carboxylic acids is 1. The van der Waals surface area contributed by atoms with Gasteiger partial charge in [0.15, 0.2) is 0 Å². The number of urea groups is 1. The lowest BCUT2D eigenvalue weighted by atomic mass is 10.3. The van der Waals surface area contributed by atoms with E-state index in [4.69, 9.17) is 5.11 Å². The fourth-order valence-electron chi connectivity index (χ4n) is 1.19. The van der Waals surface area contributed by atoms with Gasteiger partial charge in [0, 0.05) is 6.54 Å². The van der Waals surface area contributed by atoms with Gasteiger partial charge >= 0.3 is 12.0 Å². The highest BCUT2D eigenvalue weighted by molar-refractivity contribution is 5.86. The second-order valence-electron chi connectivity index (χ2n) is 2.79. The molecule has 12 heavy (non-hydrogen) atoms. The van der Waals surface area contributed by atoms with Crippen LogP contribution in [0.1, 0.15) is 13.3 Å². The van der Waals surface area contributed by atoms with E-state index in [1.165, 1.54) is 4.90 Å². The molecule has 5 nitrogen and oxygen atoms in total. The van der Waals surface area contributed by atoms with Crippen LogP contribution in [-0.4, -0.2) is 41.1 Å². The number of nitrogens with one attached hydrogen (secondary N) is 1. The molecule has 1 atom stereocenters. The zero-order valence-electron chi connectivity index (χ0n) is 6.91. The maximum atomic E-state index is 11.0. The molecule has 2 N–H and O–H groups in total. The maximum absolute atomic E-state index is 11.0. The van der Waals surface area contributed by atoms with Crippen molar-refractivity contribution in [3.8, 4) is 0 Å². The first kappa shape index (κ1) is 8.83. The van der Waals surface area contributed by atoms with Crippen molar-refractivity contribution in [3.63, 3.8) is 0 Å². The number of aliphatic carboxylic acids is 1. The van der Waals surface area contributed by atoms with Crippen molar-refractivity contribution in [2.75, 3.05) is 13.1 Å². The normalized spacial score (nSPS) is 22.6. The van der Waals surface area contributed by atoms with Gasteiger partial charge in [-0.05, 0) is 6.42 Å². The Morgan fingerprint density at radius 3 is 2.92 bits per heavy atom. The van der Waals surface area contributed by atoms with Gasteiger partial charge in [0.25, 0.3) is 0 Å². The Balaban J connectivity index is 2.50. The van der Waals surface area contributed by atoms with Crippen molar-refractivity contribution in [2.45, 2.75) is 19.4 Å². The SMILES string of the molecule is CCCN1CC(C(=O)O)NC1=O. The minimum Gasteiger partial charge on any atom is -0.480 e. The monoisotopic (exact) mass is 172 g/mol. The van der Waals surface area contributed by atoms with Crippen LogP contribution in [0, 0.1) is 0 Å². The number of carboxylic acids is 1. The van der Waals surface area contributed by atoms with E-state index in [2.05, 4.69) is 5.32 Å². The largest absolute Gasteiger partial charge is 0.480 e. The zero-order chi connectivity index (χ0) is 9.14. The van der Waals surface area contributed by atoms with Gasteiger partial charge in [-0.25, -0.2) is 9.59 Å². The van der Waals surface area contributed by atoms with E-state index in [1.54, 1.807) is 0 Å². The summed E-state index contributed by atoms with van der Waals surface area (Å²) in [4.78, 5) is 23.0. The molecule has 0 aromatic heterocycles. The summed E-state index contributed by atoms with van der Waals surface area (Å²) in [6.07, 6.45) is 0.847. The molecule has 1 unspecified atom stereocenters. The average Bonchev–Trinajstić information content (AvgIpc) is 2.34. The minimum atomic E-state index is -0.970. The van der Waals surface area contributed by atoms with Crippen molar-refractivity contribution in [2.24, 2.45) is 0 Å². The first-order chi connectivity index (χ1) is 5.65. The molecule has 68 valence electrons. The molecule has 1 rings (SSSR count). The fourth-order valence-corrected chi connectivity index (χ4v) is 1.19. The molecule has 0 aromatic rings. The number of carboxylic acid groups (broad SMARTS) is 1. The van der Waals surface area contributed by atoms with Crippen LogP contribution >= 0.6 is 0 Å². The summed E-state index contributed by atoms with van der Waals surface area (Å²) in [6.45, 7) is 2.85. The Morgan fingerprint density at radius 1 is 1.83 bits per heavy atom. The van der Waals surface area contributed by atoms with Gasteiger partial charge in [-0.15, -0.1) is 0 Å². The molecule has 0 bridgehead atoms. The van der Waals surface area contributed by atoms with E-state index in [9.17, 15) is 9.59 Å². The lowest BCUT2D eigenvalue weighted by molar-refractivity contribution is -0.138. The molecular weight excluding hydrogens is 160 g/mol. The molecule has 5 heteroatoms. The number of amides is 2. The highest BCUT2D eigenvalue weighted by atomic mass is 16.4. The van der Waals surface area contributed by atoms with Crippen LogP contribution in [0.25, 0.3) is 0 Å². The van der Waals surface area contributed by atoms with Crippen molar-refractivity contribution >= 4 is 12.0 Å². The first-order valence-corrected chi connectivity index (χ1v) is 3.93. The van der Waals surface area contributed by atoms with Crippen molar-refractivity contribution in [1.29, 1.82) is 0 Å². The Kier molecular flexibility index (Phi) is 2.52. The average molecular weight is 172 g/mol. The molecule has 0 radical (unpaired) electrons. The van der Waals surface area contributed by atoms with Crippen LogP contribution in [0.2, 0.25) is 0 Å². The molecule has 1 saturated heterocycles. The standard InChI is InChI=1S/C7H12N2O3/c1-2-3-9-4-5(6(10)11)8-7(9)12/h5H,2-4H2,1H3,(H,8,12)(H,10,11). The van der Waals surface area contributed by atoms with Gasteiger partial charge in [-0.2, -0.15) is 0 Å². The highest BCUT2D eigenvalue weighted by Gasteiger charge is 2.32. The van der Waals surface area contributed by atoms with Crippen molar-refractivity contribution in [1.82, 2.24) is 10.2 Å². The lowest BCUT2D eigenvalue weighted by Crippen LogP contribution is -2.33. The van der Waals surface area contributed by atoms with E-state index in [0.717, 1.165) is 6.42 Å². The van der Waals surface area contributed by atoms with Crippen LogP contribution in [-0.2, 0) is 4.79 Å². The fraction of sp³-hybridized carbons (Fsp3) is 0.714. The molecule has 0 aromatic carbocycles. The minimum absolute atomic E-state index is 0.274. The summed E-state index contributed by atoms with van der Waals surface area (Å²) >= 11 is 0. The predicted molar refractivity (Wildman–Crippen MR) is 41.8 cm³/mol. The summed E-state index contributed by atoms with van der Waals surface area (Å²) in [5.41, 5.74) is 0. The molecule has 0 spiro atoms. The molecule has 0 aliphatic carbocycles. The summed E-state index contributed by atoms with van der Waals surface area (Å²) < 4.78 is 0. The third-order valence-electron chi connectivity index (χ3n) is 1.78. The number of nitrogens with zero attached hydrogens (tertiary/aromatic N) is 1. The van der Waals surface area contributed by atoms with Crippen LogP contribution in [0.4, 0.5) is 4.79 Å². The van der Waals surface area contributed by atoms with E-state index in [1.807, 2.05) is 6.92 Å². The molecule has 1 fully saturated rings. The maximum Gasteiger partial charge on any atom is 0.328 e. The smallest absolute Gasteiger partial charge is 0.328 e. The second-order valence-corrected chi connectivity index (χ2v) is 2.79. The number of carbonyl (C=O) groups is 2. The lowest BCUT2D eigenvalue weighted by Gasteiger charge is -2.11. The van der Waals surface area contributed by atoms with E-state index in [0.29, 0.717) is 6.54 Å². The number of rotatable bonds is 3. The number of hydrogen-bond donors (Lipinski definition) is 2. The van der Waals surface area contributed by atoms with E-state index in [-0.39, 0.29) is 12.6 Å². The summed E-state index contributed by atoms with van der Waals surface area (Å²) in [5.74, 6) is -0.970. The summed E-state index contributed by atoms with van der Waals surface area (Å²) in [5, 5.41) is 11.0. The third-order valence-corrected chi connectivity index (χ3v) is 1.78. The second kappa shape index (κ2) is 3.42. The highest BCUT2D eigenvalue weighted by Crippen LogP contribution is 2.04. The van der Waals surface area contributed by atoms with Gasteiger partial charge in [0.2, 0.25) is 0 Å². The Hall–Kier alpha value is -1.26. The summed E-state index contributed by atoms with van der Waals surface area (Å²) in [6, 6.07) is -1.01. The molecule has 0 saturated carbocycles. The van der Waals surface area contributed by atoms with E-state index >= 15 is 0 Å². The van der Waals surface area contributed by atoms with Crippen molar-refractivity contribution < 1.29 is 14.7 Å². The first-order valence-electron chi connectivity index (χ1n) is 3.93. The van der Waals surface area contributed by atoms with Gasteiger partial charge in [-0.3, -0.25) is 0 Å². The third kappa shape index (κ3) is 1.66. The molecule has 1 aliphatic heterocycles. The van der Waals surface area contributed by atoms with Crippen LogP contribution < -0.4 is 5.32 Å². The van der Waals surface area contributed by atoms with Crippen LogP contribution in [0.5, 0.6) is 0 Å². The van der Waals surface area contributed by atoms with Gasteiger partial charge in [0.1, 0.15) is 6.04 Å². The molecular formula is C7H12N2O3. The van der Waals surface area contributed by atoms with Gasteiger partial charge in [0.05, 0.1) is 6.54 Å². The molecule has 1 aliphatic rings.